The van der Waals surface area contributed by atoms with Crippen LogP contribution in [-0.2, 0) is 15.0 Å². The number of aryl methyl sites for hydroxylation is 1. The first-order chi connectivity index (χ1) is 18.4. The van der Waals surface area contributed by atoms with E-state index in [0.29, 0.717) is 29.6 Å². The normalized spacial score (nSPS) is 44.3. The maximum Gasteiger partial charge on any atom is 0.222 e. The molecule has 6 rings (SSSR count). The molecule has 1 aromatic heterocycles. The Labute approximate surface area is 234 Å². The number of rotatable bonds is 1. The van der Waals surface area contributed by atoms with Gasteiger partial charge in [0, 0.05) is 25.2 Å². The van der Waals surface area contributed by atoms with Crippen LogP contribution in [0.25, 0.3) is 0 Å². The first-order valence-electron chi connectivity index (χ1n) is 15.4. The third-order valence-corrected chi connectivity index (χ3v) is 12.3. The Morgan fingerprint density at radius 1 is 0.974 bits per heavy atom. The highest BCUT2D eigenvalue weighted by molar-refractivity contribution is 6.01. The minimum atomic E-state index is -0.310. The second-order valence-electron chi connectivity index (χ2n) is 14.5. The number of allylic oxidation sites excluding steroid dienone is 2. The summed E-state index contributed by atoms with van der Waals surface area (Å²) in [4.78, 5) is 27.3. The number of nitrogens with zero attached hydrogens (tertiary/aromatic N) is 3. The second kappa shape index (κ2) is 9.38. The van der Waals surface area contributed by atoms with Crippen molar-refractivity contribution in [3.8, 4) is 6.07 Å². The Balaban J connectivity index is 0.00000151. The van der Waals surface area contributed by atoms with Crippen molar-refractivity contribution in [1.29, 1.82) is 5.26 Å². The molecular weight excluding hydrogens is 486 g/mol. The molecule has 4 fully saturated rings. The molecule has 5 aliphatic rings. The van der Waals surface area contributed by atoms with Gasteiger partial charge in [0.05, 0.1) is 11.0 Å². The molecule has 0 amide bonds. The number of hydrogen-bond donors (Lipinski definition) is 0. The number of carbonyl (C=O) groups excluding carboxylic acids is 2. The van der Waals surface area contributed by atoms with Gasteiger partial charge in [-0.1, -0.05) is 54.5 Å². The van der Waals surface area contributed by atoms with E-state index < -0.39 is 0 Å². The van der Waals surface area contributed by atoms with Gasteiger partial charge in [0.25, 0.3) is 0 Å². The third-order valence-electron chi connectivity index (χ3n) is 12.3. The number of aromatic nitrogens is 2. The van der Waals surface area contributed by atoms with Crippen LogP contribution >= 0.6 is 0 Å². The lowest BCUT2D eigenvalue weighted by atomic mass is 9.36. The SMILES string of the molecule is CC.Cc1nnc(C23CCC4C(C(=O)CC5C6(C)C=C(C#N)C(=O)C(C)C6CCC45C)C2CC(C)(C)CC3)o1. The summed E-state index contributed by atoms with van der Waals surface area (Å²) in [5.41, 5.74) is -0.0442. The molecule has 9 unspecified atom stereocenters. The molecule has 0 radical (unpaired) electrons. The van der Waals surface area contributed by atoms with Gasteiger partial charge in [-0.05, 0) is 84.9 Å². The molecule has 1 aromatic rings. The first-order valence-corrected chi connectivity index (χ1v) is 15.4. The van der Waals surface area contributed by atoms with E-state index in [2.05, 4.69) is 44.0 Å². The molecular formula is C33H47N3O3. The maximum atomic E-state index is 14.4. The first kappa shape index (κ1) is 28.2. The predicted octanol–water partition coefficient (Wildman–Crippen LogP) is 7.17. The summed E-state index contributed by atoms with van der Waals surface area (Å²) < 4.78 is 6.13. The van der Waals surface area contributed by atoms with Crippen LogP contribution in [0.15, 0.2) is 16.1 Å². The summed E-state index contributed by atoms with van der Waals surface area (Å²) >= 11 is 0. The Morgan fingerprint density at radius 3 is 2.31 bits per heavy atom. The van der Waals surface area contributed by atoms with Gasteiger partial charge in [0.1, 0.15) is 11.9 Å². The summed E-state index contributed by atoms with van der Waals surface area (Å²) in [6.45, 7) is 17.2. The van der Waals surface area contributed by atoms with Gasteiger partial charge in [-0.25, -0.2) is 0 Å². The topological polar surface area (TPSA) is 96.9 Å². The van der Waals surface area contributed by atoms with E-state index in [4.69, 9.17) is 4.42 Å². The highest BCUT2D eigenvalue weighted by atomic mass is 16.4. The Kier molecular flexibility index (Phi) is 6.80. The third kappa shape index (κ3) is 3.92. The van der Waals surface area contributed by atoms with Crippen LogP contribution in [0.4, 0.5) is 0 Å². The van der Waals surface area contributed by atoms with Crippen LogP contribution < -0.4 is 0 Å². The Bertz CT molecular complexity index is 1240. The van der Waals surface area contributed by atoms with Crippen molar-refractivity contribution in [1.82, 2.24) is 10.2 Å². The molecule has 6 nitrogen and oxygen atoms in total. The van der Waals surface area contributed by atoms with Crippen molar-refractivity contribution >= 4 is 11.6 Å². The number of fused-ring (bicyclic) bond motifs is 7. The van der Waals surface area contributed by atoms with E-state index in [-0.39, 0.29) is 57.0 Å². The molecule has 0 aliphatic heterocycles. The van der Waals surface area contributed by atoms with Crippen LogP contribution in [0, 0.1) is 70.0 Å². The molecule has 1 heterocycles. The van der Waals surface area contributed by atoms with E-state index in [1.807, 2.05) is 33.8 Å². The predicted molar refractivity (Wildman–Crippen MR) is 149 cm³/mol. The van der Waals surface area contributed by atoms with Crippen LogP contribution in [-0.4, -0.2) is 21.8 Å². The molecule has 39 heavy (non-hydrogen) atoms. The Hall–Kier alpha value is -2.29. The zero-order valence-electron chi connectivity index (χ0n) is 25.3. The summed E-state index contributed by atoms with van der Waals surface area (Å²) in [6, 6.07) is 2.19. The number of nitriles is 1. The summed E-state index contributed by atoms with van der Waals surface area (Å²) in [6.07, 6.45) is 9.62. The second-order valence-corrected chi connectivity index (χ2v) is 14.5. The van der Waals surface area contributed by atoms with Crippen LogP contribution in [0.1, 0.15) is 112 Å². The average Bonchev–Trinajstić information content (AvgIpc) is 3.35. The van der Waals surface area contributed by atoms with Crippen LogP contribution in [0.2, 0.25) is 0 Å². The zero-order valence-corrected chi connectivity index (χ0v) is 25.3. The van der Waals surface area contributed by atoms with Crippen molar-refractivity contribution < 1.29 is 14.0 Å². The van der Waals surface area contributed by atoms with Crippen molar-refractivity contribution in [3.05, 3.63) is 23.4 Å². The standard InChI is InChI=1S/C31H41N3O3.C2H6/c1-17-20-7-9-29(5)21-8-10-31(27-34-33-18(2)37-27)12-11-28(3,4)15-22(31)25(21)23(35)13-24(29)30(20,6)14-19(16-32)26(17)36;1-2/h14,17,20-22,24-25H,7-13,15H2,1-6H3;1-2H3. The molecule has 0 saturated heterocycles. The number of Topliss-reactive ketones (excluding diaryl/α,β-unsaturated/α-hetero) is 2. The molecule has 212 valence electrons. The fourth-order valence-electron chi connectivity index (χ4n) is 10.4. The lowest BCUT2D eigenvalue weighted by Gasteiger charge is -2.66. The zero-order chi connectivity index (χ0) is 28.5. The van der Waals surface area contributed by atoms with E-state index in [1.165, 1.54) is 0 Å². The van der Waals surface area contributed by atoms with Crippen molar-refractivity contribution in [2.45, 2.75) is 112 Å². The van der Waals surface area contributed by atoms with Gasteiger partial charge in [-0.15, -0.1) is 10.2 Å². The van der Waals surface area contributed by atoms with Gasteiger partial charge in [0.2, 0.25) is 11.8 Å². The largest absolute Gasteiger partial charge is 0.425 e. The molecule has 0 bridgehead atoms. The highest BCUT2D eigenvalue weighted by Crippen LogP contribution is 2.70. The quantitative estimate of drug-likeness (QED) is 0.379. The molecule has 0 aromatic carbocycles. The summed E-state index contributed by atoms with van der Waals surface area (Å²) in [5.74, 6) is 2.42. The molecule has 9 atom stereocenters. The number of ketones is 2. The highest BCUT2D eigenvalue weighted by Gasteiger charge is 2.68. The van der Waals surface area contributed by atoms with Crippen molar-refractivity contribution in [2.24, 2.45) is 51.8 Å². The maximum absolute atomic E-state index is 14.4. The van der Waals surface area contributed by atoms with Gasteiger partial charge >= 0.3 is 0 Å². The van der Waals surface area contributed by atoms with Gasteiger partial charge in [-0.3, -0.25) is 9.59 Å². The molecule has 0 spiro atoms. The lowest BCUT2D eigenvalue weighted by molar-refractivity contribution is -0.179. The minimum absolute atomic E-state index is 0.000487. The molecule has 5 aliphatic carbocycles. The van der Waals surface area contributed by atoms with Gasteiger partial charge in [-0.2, -0.15) is 5.26 Å². The van der Waals surface area contributed by atoms with E-state index >= 15 is 0 Å². The molecule has 6 heteroatoms. The summed E-state index contributed by atoms with van der Waals surface area (Å²) in [5, 5.41) is 18.5. The van der Waals surface area contributed by atoms with Gasteiger partial charge in [0.15, 0.2) is 5.78 Å². The van der Waals surface area contributed by atoms with Crippen LogP contribution in [0.5, 0.6) is 0 Å². The van der Waals surface area contributed by atoms with Crippen LogP contribution in [0.3, 0.4) is 0 Å². The average molecular weight is 534 g/mol. The number of hydrogen-bond acceptors (Lipinski definition) is 6. The van der Waals surface area contributed by atoms with Crippen molar-refractivity contribution in [3.63, 3.8) is 0 Å². The number of carbonyl (C=O) groups is 2. The van der Waals surface area contributed by atoms with E-state index in [9.17, 15) is 14.9 Å². The molecule has 0 N–H and O–H groups in total. The summed E-state index contributed by atoms with van der Waals surface area (Å²) in [7, 11) is 0. The fourth-order valence-corrected chi connectivity index (χ4v) is 10.4. The fraction of sp³-hybridized carbons (Fsp3) is 0.788. The van der Waals surface area contributed by atoms with E-state index in [1.54, 1.807) is 0 Å². The van der Waals surface area contributed by atoms with Crippen molar-refractivity contribution in [2.75, 3.05) is 0 Å². The lowest BCUT2D eigenvalue weighted by Crippen LogP contribution is -2.64. The smallest absolute Gasteiger partial charge is 0.222 e. The monoisotopic (exact) mass is 533 g/mol. The van der Waals surface area contributed by atoms with E-state index in [0.717, 1.165) is 50.8 Å². The Morgan fingerprint density at radius 2 is 1.67 bits per heavy atom. The molecule has 4 saturated carbocycles. The van der Waals surface area contributed by atoms with Gasteiger partial charge < -0.3 is 4.42 Å². The minimum Gasteiger partial charge on any atom is -0.425 e.